The molecule has 2 aromatic rings. The van der Waals surface area contributed by atoms with E-state index in [0.29, 0.717) is 10.6 Å². The van der Waals surface area contributed by atoms with E-state index in [-0.39, 0.29) is 16.2 Å². The average molecular weight is 320 g/mol. The van der Waals surface area contributed by atoms with E-state index in [1.165, 1.54) is 24.3 Å². The minimum atomic E-state index is -0.702. The molecular weight excluding hydrogens is 312 g/mol. The molecule has 0 fully saturated rings. The van der Waals surface area contributed by atoms with Crippen LogP contribution in [-0.2, 0) is 0 Å². The summed E-state index contributed by atoms with van der Waals surface area (Å²) in [6.07, 6.45) is 1.29. The number of nitrogens with zero attached hydrogens (tertiary/aromatic N) is 1. The molecule has 21 heavy (non-hydrogen) atoms. The second-order valence-corrected chi connectivity index (χ2v) is 4.91. The van der Waals surface area contributed by atoms with Crippen LogP contribution in [0.5, 0.6) is 0 Å². The zero-order valence-corrected chi connectivity index (χ0v) is 12.1. The van der Waals surface area contributed by atoms with E-state index in [1.54, 1.807) is 24.3 Å². The molecule has 0 aliphatic heterocycles. The lowest BCUT2D eigenvalue weighted by Crippen LogP contribution is -2.04. The predicted molar refractivity (Wildman–Crippen MR) is 80.8 cm³/mol. The summed E-state index contributed by atoms with van der Waals surface area (Å²) < 4.78 is 13.6. The number of rotatable bonds is 3. The summed E-state index contributed by atoms with van der Waals surface area (Å²) in [7, 11) is 0. The van der Waals surface area contributed by atoms with Crippen LogP contribution in [0.25, 0.3) is 6.08 Å². The van der Waals surface area contributed by atoms with Crippen molar-refractivity contribution in [2.24, 2.45) is 0 Å². The van der Waals surface area contributed by atoms with Crippen LogP contribution < -0.4 is 0 Å². The van der Waals surface area contributed by atoms with Gasteiger partial charge in [-0.25, -0.2) is 4.39 Å². The maximum absolute atomic E-state index is 13.6. The Balaban J connectivity index is 2.48. The first-order valence-corrected chi connectivity index (χ1v) is 6.65. The highest BCUT2D eigenvalue weighted by molar-refractivity contribution is 6.43. The standard InChI is InChI=1S/C16H8Cl2FNO/c17-13-6-3-4-10(15(13)18)8-11(9-20)16(21)12-5-1-2-7-14(12)19/h1-8H/b11-8+. The van der Waals surface area contributed by atoms with E-state index in [4.69, 9.17) is 28.5 Å². The SMILES string of the molecule is N#C/C(=C\c1cccc(Cl)c1Cl)C(=O)c1ccccc1F. The van der Waals surface area contributed by atoms with Crippen molar-refractivity contribution in [3.63, 3.8) is 0 Å². The molecule has 0 saturated carbocycles. The van der Waals surface area contributed by atoms with Gasteiger partial charge in [0.25, 0.3) is 0 Å². The zero-order valence-electron chi connectivity index (χ0n) is 10.6. The summed E-state index contributed by atoms with van der Waals surface area (Å²) in [5.41, 5.74) is 0.0399. The van der Waals surface area contributed by atoms with Crippen LogP contribution in [-0.4, -0.2) is 5.78 Å². The number of benzene rings is 2. The van der Waals surface area contributed by atoms with Crippen LogP contribution >= 0.6 is 23.2 Å². The van der Waals surface area contributed by atoms with Crippen molar-refractivity contribution >= 4 is 35.1 Å². The number of carbonyl (C=O) groups excluding carboxylic acids is 1. The molecule has 0 radical (unpaired) electrons. The van der Waals surface area contributed by atoms with Crippen LogP contribution in [0.4, 0.5) is 4.39 Å². The fraction of sp³-hybridized carbons (Fsp3) is 0. The van der Waals surface area contributed by atoms with Crippen LogP contribution in [0.15, 0.2) is 48.0 Å². The lowest BCUT2D eigenvalue weighted by molar-refractivity contribution is 0.103. The van der Waals surface area contributed by atoms with Crippen molar-refractivity contribution in [2.45, 2.75) is 0 Å². The summed E-state index contributed by atoms with van der Waals surface area (Å²) in [6, 6.07) is 12.1. The second kappa shape index (κ2) is 6.53. The van der Waals surface area contributed by atoms with Gasteiger partial charge in [0.15, 0.2) is 0 Å². The quantitative estimate of drug-likeness (QED) is 0.457. The molecule has 0 aliphatic carbocycles. The maximum Gasteiger partial charge on any atom is 0.206 e. The van der Waals surface area contributed by atoms with Gasteiger partial charge < -0.3 is 0 Å². The number of nitriles is 1. The Labute approximate surface area is 131 Å². The highest BCUT2D eigenvalue weighted by Crippen LogP contribution is 2.27. The highest BCUT2D eigenvalue weighted by atomic mass is 35.5. The topological polar surface area (TPSA) is 40.9 Å². The number of hydrogen-bond acceptors (Lipinski definition) is 2. The maximum atomic E-state index is 13.6. The van der Waals surface area contributed by atoms with Crippen molar-refractivity contribution in [2.75, 3.05) is 0 Å². The Morgan fingerprint density at radius 2 is 1.86 bits per heavy atom. The Hall–Kier alpha value is -2.15. The Kier molecular flexibility index (Phi) is 4.74. The number of halogens is 3. The molecule has 2 aromatic carbocycles. The molecule has 0 unspecified atom stereocenters. The molecule has 0 aromatic heterocycles. The average Bonchev–Trinajstić information content (AvgIpc) is 2.48. The molecule has 0 amide bonds. The van der Waals surface area contributed by atoms with Gasteiger partial charge in [-0.3, -0.25) is 4.79 Å². The van der Waals surface area contributed by atoms with E-state index in [2.05, 4.69) is 0 Å². The van der Waals surface area contributed by atoms with Gasteiger partial charge in [0.2, 0.25) is 5.78 Å². The first-order valence-electron chi connectivity index (χ1n) is 5.89. The lowest BCUT2D eigenvalue weighted by atomic mass is 10.0. The normalized spacial score (nSPS) is 11.0. The van der Waals surface area contributed by atoms with Crippen molar-refractivity contribution in [1.29, 1.82) is 5.26 Å². The number of carbonyl (C=O) groups is 1. The molecule has 2 rings (SSSR count). The van der Waals surface area contributed by atoms with Gasteiger partial charge in [-0.15, -0.1) is 0 Å². The first-order chi connectivity index (χ1) is 10.0. The van der Waals surface area contributed by atoms with Crippen molar-refractivity contribution in [3.8, 4) is 6.07 Å². The Morgan fingerprint density at radius 3 is 2.52 bits per heavy atom. The van der Waals surface area contributed by atoms with E-state index < -0.39 is 11.6 Å². The summed E-state index contributed by atoms with van der Waals surface area (Å²) in [5, 5.41) is 9.67. The first kappa shape index (κ1) is 15.2. The largest absolute Gasteiger partial charge is 0.288 e. The lowest BCUT2D eigenvalue weighted by Gasteiger charge is -2.03. The Bertz CT molecular complexity index is 778. The zero-order chi connectivity index (χ0) is 15.4. The molecule has 5 heteroatoms. The summed E-state index contributed by atoms with van der Waals surface area (Å²) in [6.45, 7) is 0. The molecular formula is C16H8Cl2FNO. The molecule has 104 valence electrons. The molecule has 0 aliphatic rings. The predicted octanol–water partition coefficient (Wildman–Crippen LogP) is 4.92. The van der Waals surface area contributed by atoms with Crippen molar-refractivity contribution in [3.05, 3.63) is 75.0 Å². The minimum absolute atomic E-state index is 0.163. The molecule has 0 atom stereocenters. The monoisotopic (exact) mass is 319 g/mol. The van der Waals surface area contributed by atoms with Gasteiger partial charge in [-0.2, -0.15) is 5.26 Å². The third-order valence-corrected chi connectivity index (χ3v) is 3.60. The molecule has 0 N–H and O–H groups in total. The summed E-state index contributed by atoms with van der Waals surface area (Å²) >= 11 is 11.9. The van der Waals surface area contributed by atoms with E-state index >= 15 is 0 Å². The van der Waals surface area contributed by atoms with E-state index in [0.717, 1.165) is 6.07 Å². The molecule has 0 heterocycles. The third kappa shape index (κ3) is 3.30. The fourth-order valence-electron chi connectivity index (χ4n) is 1.73. The van der Waals surface area contributed by atoms with Crippen LogP contribution in [0.2, 0.25) is 10.0 Å². The van der Waals surface area contributed by atoms with Crippen molar-refractivity contribution < 1.29 is 9.18 Å². The van der Waals surface area contributed by atoms with Gasteiger partial charge in [0.05, 0.1) is 15.6 Å². The Morgan fingerprint density at radius 1 is 1.14 bits per heavy atom. The fourth-order valence-corrected chi connectivity index (χ4v) is 2.09. The van der Waals surface area contributed by atoms with Gasteiger partial charge >= 0.3 is 0 Å². The van der Waals surface area contributed by atoms with Crippen LogP contribution in [0.3, 0.4) is 0 Å². The van der Waals surface area contributed by atoms with Gasteiger partial charge in [-0.05, 0) is 29.8 Å². The van der Waals surface area contributed by atoms with Crippen LogP contribution in [0.1, 0.15) is 15.9 Å². The minimum Gasteiger partial charge on any atom is -0.288 e. The number of ketones is 1. The highest BCUT2D eigenvalue weighted by Gasteiger charge is 2.16. The molecule has 0 bridgehead atoms. The number of Topliss-reactive ketones (excluding diaryl/α,β-unsaturated/α-hetero) is 1. The molecule has 0 spiro atoms. The smallest absolute Gasteiger partial charge is 0.206 e. The van der Waals surface area contributed by atoms with Crippen molar-refractivity contribution in [1.82, 2.24) is 0 Å². The van der Waals surface area contributed by atoms with Gasteiger partial charge in [-0.1, -0.05) is 47.5 Å². The van der Waals surface area contributed by atoms with E-state index in [1.807, 2.05) is 0 Å². The molecule has 2 nitrogen and oxygen atoms in total. The molecule has 0 saturated heterocycles. The number of allylic oxidation sites excluding steroid dienone is 1. The third-order valence-electron chi connectivity index (χ3n) is 2.76. The van der Waals surface area contributed by atoms with Crippen LogP contribution in [0, 0.1) is 17.1 Å². The summed E-state index contributed by atoms with van der Waals surface area (Å²) in [4.78, 5) is 12.2. The number of hydrogen-bond donors (Lipinski definition) is 0. The van der Waals surface area contributed by atoms with Gasteiger partial charge in [0, 0.05) is 0 Å². The second-order valence-electron chi connectivity index (χ2n) is 4.12. The van der Waals surface area contributed by atoms with E-state index in [9.17, 15) is 9.18 Å². The summed E-state index contributed by atoms with van der Waals surface area (Å²) in [5.74, 6) is -1.38. The van der Waals surface area contributed by atoms with Gasteiger partial charge in [0.1, 0.15) is 17.5 Å².